The summed E-state index contributed by atoms with van der Waals surface area (Å²) >= 11 is 0. The lowest BCUT2D eigenvalue weighted by Crippen LogP contribution is -2.06. The van der Waals surface area contributed by atoms with E-state index in [9.17, 15) is 0 Å². The van der Waals surface area contributed by atoms with Crippen molar-refractivity contribution in [2.45, 2.75) is 33.8 Å². The number of benzene rings is 2. The topological polar surface area (TPSA) is 35.2 Å². The number of hydrogen-bond donors (Lipinski definition) is 1. The van der Waals surface area contributed by atoms with Crippen LogP contribution in [-0.2, 0) is 13.0 Å². The lowest BCUT2D eigenvalue weighted by Gasteiger charge is -2.14. The van der Waals surface area contributed by atoms with Crippen molar-refractivity contribution in [1.29, 1.82) is 0 Å². The Hall–Kier alpha value is -1.80. The Morgan fingerprint density at radius 1 is 1.00 bits per heavy atom. The SMILES string of the molecule is Cc1cc(C)cc(COc2c(C)cccc2CCN)c1. The van der Waals surface area contributed by atoms with Gasteiger partial charge in [0.25, 0.3) is 0 Å². The molecule has 0 unspecified atom stereocenters. The molecule has 0 bridgehead atoms. The molecule has 0 spiro atoms. The van der Waals surface area contributed by atoms with Crippen LogP contribution in [0.25, 0.3) is 0 Å². The van der Waals surface area contributed by atoms with Crippen LogP contribution in [0.15, 0.2) is 36.4 Å². The van der Waals surface area contributed by atoms with Gasteiger partial charge in [-0.25, -0.2) is 0 Å². The molecule has 106 valence electrons. The smallest absolute Gasteiger partial charge is 0.125 e. The highest BCUT2D eigenvalue weighted by Gasteiger charge is 2.07. The van der Waals surface area contributed by atoms with Crippen molar-refractivity contribution in [2.75, 3.05) is 6.54 Å². The minimum absolute atomic E-state index is 0.602. The summed E-state index contributed by atoms with van der Waals surface area (Å²) in [4.78, 5) is 0. The van der Waals surface area contributed by atoms with Crippen molar-refractivity contribution in [1.82, 2.24) is 0 Å². The molecule has 0 heterocycles. The summed E-state index contributed by atoms with van der Waals surface area (Å²) in [5.41, 5.74) is 11.8. The Bertz CT molecular complexity index is 570. The largest absolute Gasteiger partial charge is 0.488 e. The zero-order valence-electron chi connectivity index (χ0n) is 12.6. The van der Waals surface area contributed by atoms with E-state index in [1.165, 1.54) is 27.8 Å². The molecule has 0 saturated carbocycles. The van der Waals surface area contributed by atoms with Gasteiger partial charge in [-0.15, -0.1) is 0 Å². The Balaban J connectivity index is 2.18. The monoisotopic (exact) mass is 269 g/mol. The van der Waals surface area contributed by atoms with Crippen LogP contribution >= 0.6 is 0 Å². The number of para-hydroxylation sites is 1. The zero-order chi connectivity index (χ0) is 14.5. The first kappa shape index (κ1) is 14.6. The Morgan fingerprint density at radius 2 is 1.70 bits per heavy atom. The van der Waals surface area contributed by atoms with Crippen molar-refractivity contribution in [2.24, 2.45) is 5.73 Å². The van der Waals surface area contributed by atoms with Crippen LogP contribution in [0.1, 0.15) is 27.8 Å². The molecular formula is C18H23NO. The summed E-state index contributed by atoms with van der Waals surface area (Å²) in [7, 11) is 0. The van der Waals surface area contributed by atoms with Gasteiger partial charge in [0, 0.05) is 0 Å². The predicted octanol–water partition coefficient (Wildman–Crippen LogP) is 3.69. The molecule has 0 aliphatic rings. The number of rotatable bonds is 5. The fourth-order valence-corrected chi connectivity index (χ4v) is 2.58. The summed E-state index contributed by atoms with van der Waals surface area (Å²) in [5.74, 6) is 0.983. The normalized spacial score (nSPS) is 10.6. The molecule has 2 aromatic rings. The molecule has 2 heteroatoms. The van der Waals surface area contributed by atoms with Crippen LogP contribution in [0.4, 0.5) is 0 Å². The van der Waals surface area contributed by atoms with Crippen molar-refractivity contribution in [3.05, 3.63) is 64.2 Å². The highest BCUT2D eigenvalue weighted by molar-refractivity contribution is 5.41. The van der Waals surface area contributed by atoms with Crippen LogP contribution in [0.2, 0.25) is 0 Å². The molecule has 2 N–H and O–H groups in total. The number of hydrogen-bond acceptors (Lipinski definition) is 2. The Labute approximate surface area is 121 Å². The van der Waals surface area contributed by atoms with E-state index in [0.29, 0.717) is 13.2 Å². The summed E-state index contributed by atoms with van der Waals surface area (Å²) in [6.45, 7) is 7.55. The molecule has 0 aliphatic heterocycles. The molecule has 2 nitrogen and oxygen atoms in total. The molecule has 0 radical (unpaired) electrons. The summed E-state index contributed by atoms with van der Waals surface area (Å²) < 4.78 is 6.06. The summed E-state index contributed by atoms with van der Waals surface area (Å²) in [6.07, 6.45) is 0.851. The first-order valence-electron chi connectivity index (χ1n) is 7.08. The van der Waals surface area contributed by atoms with Gasteiger partial charge < -0.3 is 10.5 Å². The maximum atomic E-state index is 6.06. The van der Waals surface area contributed by atoms with Crippen LogP contribution < -0.4 is 10.5 Å². The predicted molar refractivity (Wildman–Crippen MR) is 84.2 cm³/mol. The molecule has 0 fully saturated rings. The Kier molecular flexibility index (Phi) is 4.80. The van der Waals surface area contributed by atoms with Crippen molar-refractivity contribution < 1.29 is 4.74 Å². The molecule has 2 rings (SSSR count). The second kappa shape index (κ2) is 6.58. The minimum Gasteiger partial charge on any atom is -0.488 e. The van der Waals surface area contributed by atoms with Crippen molar-refractivity contribution in [3.8, 4) is 5.75 Å². The van der Waals surface area contributed by atoms with E-state index < -0.39 is 0 Å². The van der Waals surface area contributed by atoms with Gasteiger partial charge in [0.2, 0.25) is 0 Å². The van der Waals surface area contributed by atoms with Gasteiger partial charge in [0.05, 0.1) is 0 Å². The third-order valence-electron chi connectivity index (χ3n) is 3.37. The molecule has 2 aromatic carbocycles. The molecule has 0 saturated heterocycles. The fourth-order valence-electron chi connectivity index (χ4n) is 2.58. The first-order chi connectivity index (χ1) is 9.60. The third kappa shape index (κ3) is 3.61. The molecule has 20 heavy (non-hydrogen) atoms. The van der Waals surface area contributed by atoms with Crippen LogP contribution in [-0.4, -0.2) is 6.54 Å². The standard InChI is InChI=1S/C18H23NO/c1-13-9-14(2)11-16(10-13)12-20-18-15(3)5-4-6-17(18)7-8-19/h4-6,9-11H,7-8,12,19H2,1-3H3. The van der Waals surface area contributed by atoms with Gasteiger partial charge in [-0.05, 0) is 50.4 Å². The van der Waals surface area contributed by atoms with Crippen LogP contribution in [0.5, 0.6) is 5.75 Å². The molecule has 0 atom stereocenters. The highest BCUT2D eigenvalue weighted by Crippen LogP contribution is 2.25. The maximum Gasteiger partial charge on any atom is 0.125 e. The van der Waals surface area contributed by atoms with Gasteiger partial charge in [0.15, 0.2) is 0 Å². The number of ether oxygens (including phenoxy) is 1. The summed E-state index contributed by atoms with van der Waals surface area (Å²) in [6, 6.07) is 12.8. The van der Waals surface area contributed by atoms with Crippen molar-refractivity contribution >= 4 is 0 Å². The van der Waals surface area contributed by atoms with E-state index in [1.54, 1.807) is 0 Å². The van der Waals surface area contributed by atoms with Gasteiger partial charge in [-0.3, -0.25) is 0 Å². The Morgan fingerprint density at radius 3 is 2.35 bits per heavy atom. The van der Waals surface area contributed by atoms with E-state index in [4.69, 9.17) is 10.5 Å². The lowest BCUT2D eigenvalue weighted by atomic mass is 10.1. The van der Waals surface area contributed by atoms with E-state index in [-0.39, 0.29) is 0 Å². The number of nitrogens with two attached hydrogens (primary N) is 1. The first-order valence-corrected chi connectivity index (χ1v) is 7.08. The van der Waals surface area contributed by atoms with E-state index in [1.807, 2.05) is 0 Å². The highest BCUT2D eigenvalue weighted by atomic mass is 16.5. The van der Waals surface area contributed by atoms with Gasteiger partial charge in [-0.2, -0.15) is 0 Å². The molecule has 0 aliphatic carbocycles. The second-order valence-corrected chi connectivity index (χ2v) is 5.39. The molecular weight excluding hydrogens is 246 g/mol. The molecule has 0 amide bonds. The van der Waals surface area contributed by atoms with E-state index in [2.05, 4.69) is 57.2 Å². The molecule has 0 aromatic heterocycles. The van der Waals surface area contributed by atoms with Gasteiger partial charge >= 0.3 is 0 Å². The lowest BCUT2D eigenvalue weighted by molar-refractivity contribution is 0.300. The van der Waals surface area contributed by atoms with Crippen LogP contribution in [0.3, 0.4) is 0 Å². The van der Waals surface area contributed by atoms with Crippen LogP contribution in [0, 0.1) is 20.8 Å². The average molecular weight is 269 g/mol. The fraction of sp³-hybridized carbons (Fsp3) is 0.333. The van der Waals surface area contributed by atoms with Gasteiger partial charge in [0.1, 0.15) is 12.4 Å². The van der Waals surface area contributed by atoms with E-state index in [0.717, 1.165) is 12.2 Å². The zero-order valence-corrected chi connectivity index (χ0v) is 12.6. The minimum atomic E-state index is 0.602. The van der Waals surface area contributed by atoms with Crippen molar-refractivity contribution in [3.63, 3.8) is 0 Å². The van der Waals surface area contributed by atoms with E-state index >= 15 is 0 Å². The second-order valence-electron chi connectivity index (χ2n) is 5.39. The average Bonchev–Trinajstić information content (AvgIpc) is 2.37. The third-order valence-corrected chi connectivity index (χ3v) is 3.37. The van der Waals surface area contributed by atoms with Gasteiger partial charge in [-0.1, -0.05) is 47.5 Å². The quantitative estimate of drug-likeness (QED) is 0.898. The summed E-state index contributed by atoms with van der Waals surface area (Å²) in [5, 5.41) is 0. The number of aryl methyl sites for hydroxylation is 3. The maximum absolute atomic E-state index is 6.06.